The standard InChI is InChI=1S/C17H24N4/c1-2-11-21-17(6-10-20-21)16-13-15(5-9-19-16)12-14-3-7-18-8-4-14/h5-6,9-10,13-14,18H,2-4,7-8,11-12H2,1H3. The van der Waals surface area contributed by atoms with Crippen LogP contribution in [0.15, 0.2) is 30.6 Å². The average Bonchev–Trinajstić information content (AvgIpc) is 2.97. The van der Waals surface area contributed by atoms with Crippen molar-refractivity contribution < 1.29 is 0 Å². The van der Waals surface area contributed by atoms with Crippen molar-refractivity contribution in [1.29, 1.82) is 0 Å². The number of rotatable bonds is 5. The maximum absolute atomic E-state index is 4.54. The van der Waals surface area contributed by atoms with Gasteiger partial charge in [-0.2, -0.15) is 5.10 Å². The molecule has 3 heterocycles. The third kappa shape index (κ3) is 3.50. The fourth-order valence-corrected chi connectivity index (χ4v) is 3.10. The van der Waals surface area contributed by atoms with Gasteiger partial charge in [-0.3, -0.25) is 9.67 Å². The molecule has 0 unspecified atom stereocenters. The summed E-state index contributed by atoms with van der Waals surface area (Å²) in [5, 5.41) is 7.83. The van der Waals surface area contributed by atoms with Crippen molar-refractivity contribution in [3.05, 3.63) is 36.2 Å². The van der Waals surface area contributed by atoms with Crippen LogP contribution in [0.3, 0.4) is 0 Å². The fourth-order valence-electron chi connectivity index (χ4n) is 3.10. The summed E-state index contributed by atoms with van der Waals surface area (Å²) in [6, 6.07) is 6.46. The monoisotopic (exact) mass is 284 g/mol. The molecular weight excluding hydrogens is 260 g/mol. The summed E-state index contributed by atoms with van der Waals surface area (Å²) in [4.78, 5) is 4.54. The summed E-state index contributed by atoms with van der Waals surface area (Å²) < 4.78 is 2.05. The molecule has 1 saturated heterocycles. The highest BCUT2D eigenvalue weighted by molar-refractivity contribution is 5.54. The molecule has 4 nitrogen and oxygen atoms in total. The summed E-state index contributed by atoms with van der Waals surface area (Å²) in [5.41, 5.74) is 3.58. The smallest absolute Gasteiger partial charge is 0.0885 e. The Morgan fingerprint density at radius 1 is 1.24 bits per heavy atom. The Morgan fingerprint density at radius 2 is 2.10 bits per heavy atom. The van der Waals surface area contributed by atoms with Gasteiger partial charge in [0.15, 0.2) is 0 Å². The predicted octanol–water partition coefficient (Wildman–Crippen LogP) is 2.90. The fraction of sp³-hybridized carbons (Fsp3) is 0.529. The SMILES string of the molecule is CCCn1nccc1-c1cc(CC2CCNCC2)ccn1. The average molecular weight is 284 g/mol. The first-order valence-corrected chi connectivity index (χ1v) is 8.04. The topological polar surface area (TPSA) is 42.7 Å². The Hall–Kier alpha value is -1.68. The summed E-state index contributed by atoms with van der Waals surface area (Å²) in [6.45, 7) is 5.44. The van der Waals surface area contributed by atoms with E-state index in [9.17, 15) is 0 Å². The zero-order valence-corrected chi connectivity index (χ0v) is 12.8. The first-order chi connectivity index (χ1) is 10.4. The van der Waals surface area contributed by atoms with Crippen LogP contribution < -0.4 is 5.32 Å². The lowest BCUT2D eigenvalue weighted by Gasteiger charge is -2.22. The van der Waals surface area contributed by atoms with Crippen molar-refractivity contribution >= 4 is 0 Å². The van der Waals surface area contributed by atoms with Crippen LogP contribution in [0.25, 0.3) is 11.4 Å². The number of piperidine rings is 1. The first kappa shape index (κ1) is 14.3. The second-order valence-electron chi connectivity index (χ2n) is 5.89. The molecule has 1 aliphatic rings. The Kier molecular flexibility index (Phi) is 4.65. The molecule has 0 saturated carbocycles. The second-order valence-corrected chi connectivity index (χ2v) is 5.89. The molecule has 0 amide bonds. The highest BCUT2D eigenvalue weighted by atomic mass is 15.3. The van der Waals surface area contributed by atoms with Gasteiger partial charge in [-0.05, 0) is 68.5 Å². The Labute approximate surface area is 126 Å². The van der Waals surface area contributed by atoms with E-state index in [1.165, 1.54) is 24.8 Å². The molecule has 0 radical (unpaired) electrons. The minimum absolute atomic E-state index is 0.807. The van der Waals surface area contributed by atoms with E-state index in [2.05, 4.69) is 45.2 Å². The van der Waals surface area contributed by atoms with Crippen molar-refractivity contribution in [1.82, 2.24) is 20.1 Å². The maximum atomic E-state index is 4.54. The van der Waals surface area contributed by atoms with Gasteiger partial charge in [0, 0.05) is 18.9 Å². The van der Waals surface area contributed by atoms with E-state index in [1.54, 1.807) is 0 Å². The minimum Gasteiger partial charge on any atom is -0.317 e. The van der Waals surface area contributed by atoms with Crippen LogP contribution in [0.1, 0.15) is 31.7 Å². The Morgan fingerprint density at radius 3 is 2.90 bits per heavy atom. The first-order valence-electron chi connectivity index (χ1n) is 8.04. The maximum Gasteiger partial charge on any atom is 0.0885 e. The molecule has 0 spiro atoms. The van der Waals surface area contributed by atoms with Crippen molar-refractivity contribution in [3.8, 4) is 11.4 Å². The number of nitrogens with zero attached hydrogens (tertiary/aromatic N) is 3. The van der Waals surface area contributed by atoms with E-state index in [-0.39, 0.29) is 0 Å². The quantitative estimate of drug-likeness (QED) is 0.918. The van der Waals surface area contributed by atoms with Gasteiger partial charge in [0.2, 0.25) is 0 Å². The second kappa shape index (κ2) is 6.85. The molecule has 0 aromatic carbocycles. The van der Waals surface area contributed by atoms with Crippen molar-refractivity contribution in [3.63, 3.8) is 0 Å². The van der Waals surface area contributed by atoms with Gasteiger partial charge in [-0.25, -0.2) is 0 Å². The van der Waals surface area contributed by atoms with Gasteiger partial charge in [0.1, 0.15) is 0 Å². The Bertz CT molecular complexity index is 570. The molecule has 4 heteroatoms. The molecule has 0 bridgehead atoms. The van der Waals surface area contributed by atoms with Crippen LogP contribution in [0.5, 0.6) is 0 Å². The lowest BCUT2D eigenvalue weighted by Crippen LogP contribution is -2.28. The van der Waals surface area contributed by atoms with Gasteiger partial charge in [-0.1, -0.05) is 6.92 Å². The number of nitrogens with one attached hydrogen (secondary N) is 1. The van der Waals surface area contributed by atoms with Crippen LogP contribution in [0, 0.1) is 5.92 Å². The number of aromatic nitrogens is 3. The van der Waals surface area contributed by atoms with E-state index in [4.69, 9.17) is 0 Å². The van der Waals surface area contributed by atoms with Crippen LogP contribution in [-0.4, -0.2) is 27.9 Å². The molecule has 1 fully saturated rings. The number of hydrogen-bond donors (Lipinski definition) is 1. The van der Waals surface area contributed by atoms with Crippen molar-refractivity contribution in [2.45, 2.75) is 39.2 Å². The van der Waals surface area contributed by atoms with E-state index in [1.807, 2.05) is 12.4 Å². The zero-order chi connectivity index (χ0) is 14.5. The summed E-state index contributed by atoms with van der Waals surface area (Å²) >= 11 is 0. The minimum atomic E-state index is 0.807. The van der Waals surface area contributed by atoms with Crippen LogP contribution in [0.2, 0.25) is 0 Å². The highest BCUT2D eigenvalue weighted by Crippen LogP contribution is 2.22. The largest absolute Gasteiger partial charge is 0.317 e. The molecule has 3 rings (SSSR count). The number of aryl methyl sites for hydroxylation is 1. The van der Waals surface area contributed by atoms with E-state index in [0.717, 1.165) is 43.4 Å². The third-order valence-electron chi connectivity index (χ3n) is 4.22. The van der Waals surface area contributed by atoms with Crippen LogP contribution in [-0.2, 0) is 13.0 Å². The lowest BCUT2D eigenvalue weighted by atomic mass is 9.91. The predicted molar refractivity (Wildman–Crippen MR) is 85.0 cm³/mol. The molecule has 1 N–H and O–H groups in total. The third-order valence-corrected chi connectivity index (χ3v) is 4.22. The van der Waals surface area contributed by atoms with Crippen molar-refractivity contribution in [2.24, 2.45) is 5.92 Å². The number of pyridine rings is 1. The molecule has 0 atom stereocenters. The molecular formula is C17H24N4. The Balaban J connectivity index is 1.77. The van der Waals surface area contributed by atoms with E-state index >= 15 is 0 Å². The number of hydrogen-bond acceptors (Lipinski definition) is 3. The van der Waals surface area contributed by atoms with Gasteiger partial charge in [0.05, 0.1) is 11.4 Å². The van der Waals surface area contributed by atoms with E-state index in [0.29, 0.717) is 0 Å². The summed E-state index contributed by atoms with van der Waals surface area (Å²) in [7, 11) is 0. The zero-order valence-electron chi connectivity index (χ0n) is 12.8. The highest BCUT2D eigenvalue weighted by Gasteiger charge is 2.14. The van der Waals surface area contributed by atoms with Crippen LogP contribution in [0.4, 0.5) is 0 Å². The molecule has 2 aromatic heterocycles. The van der Waals surface area contributed by atoms with Gasteiger partial charge >= 0.3 is 0 Å². The molecule has 1 aliphatic heterocycles. The molecule has 0 aliphatic carbocycles. The summed E-state index contributed by atoms with van der Waals surface area (Å²) in [6.07, 6.45) is 8.63. The summed E-state index contributed by atoms with van der Waals surface area (Å²) in [5.74, 6) is 0.807. The van der Waals surface area contributed by atoms with Gasteiger partial charge in [0.25, 0.3) is 0 Å². The molecule has 112 valence electrons. The van der Waals surface area contributed by atoms with Crippen LogP contribution >= 0.6 is 0 Å². The van der Waals surface area contributed by atoms with Crippen molar-refractivity contribution in [2.75, 3.05) is 13.1 Å². The molecule has 2 aromatic rings. The van der Waals surface area contributed by atoms with Gasteiger partial charge < -0.3 is 5.32 Å². The van der Waals surface area contributed by atoms with E-state index < -0.39 is 0 Å². The molecule has 21 heavy (non-hydrogen) atoms. The lowest BCUT2D eigenvalue weighted by molar-refractivity contribution is 0.372. The normalized spacial score (nSPS) is 16.2. The van der Waals surface area contributed by atoms with Gasteiger partial charge in [-0.15, -0.1) is 0 Å².